The monoisotopic (exact) mass is 374 g/mol. The molecule has 154 valence electrons. The van der Waals surface area contributed by atoms with Crippen LogP contribution in [-0.2, 0) is 14.0 Å². The SMILES string of the molecule is C.C.C.C.C.C.OC(CCOPCCC(O)CC1CO1)CC1CO1. The van der Waals surface area contributed by atoms with Gasteiger partial charge in [0.2, 0.25) is 0 Å². The van der Waals surface area contributed by atoms with Gasteiger partial charge < -0.3 is 24.2 Å². The molecular formula is C18H47O5P. The smallest absolute Gasteiger partial charge is 0.0834 e. The summed E-state index contributed by atoms with van der Waals surface area (Å²) >= 11 is 0. The minimum Gasteiger partial charge on any atom is -0.393 e. The molecule has 2 rings (SSSR count). The molecule has 0 aromatic heterocycles. The van der Waals surface area contributed by atoms with Gasteiger partial charge in [-0.05, 0) is 19.0 Å². The van der Waals surface area contributed by atoms with Gasteiger partial charge in [0.05, 0.1) is 44.2 Å². The van der Waals surface area contributed by atoms with E-state index in [2.05, 4.69) is 0 Å². The zero-order valence-electron chi connectivity index (χ0n) is 10.6. The van der Waals surface area contributed by atoms with E-state index in [1.807, 2.05) is 0 Å². The summed E-state index contributed by atoms with van der Waals surface area (Å²) in [5, 5.41) is 19.2. The third kappa shape index (κ3) is 18.6. The largest absolute Gasteiger partial charge is 0.393 e. The van der Waals surface area contributed by atoms with Crippen LogP contribution in [-0.4, -0.2) is 60.6 Å². The summed E-state index contributed by atoms with van der Waals surface area (Å²) in [7, 11) is 0.410. The molecule has 2 saturated heterocycles. The lowest BCUT2D eigenvalue weighted by molar-refractivity contribution is 0.124. The molecule has 0 spiro atoms. The molecule has 0 bridgehead atoms. The first kappa shape index (κ1) is 35.4. The van der Waals surface area contributed by atoms with Crippen LogP contribution in [0.25, 0.3) is 0 Å². The van der Waals surface area contributed by atoms with E-state index in [1.165, 1.54) is 0 Å². The average Bonchev–Trinajstić information content (AvgIpc) is 3.19. The van der Waals surface area contributed by atoms with Crippen molar-refractivity contribution < 1.29 is 24.2 Å². The highest BCUT2D eigenvalue weighted by Gasteiger charge is 2.26. The Balaban J connectivity index is -0.000000201. The number of hydrogen-bond donors (Lipinski definition) is 2. The highest BCUT2D eigenvalue weighted by Crippen LogP contribution is 2.21. The first-order valence-electron chi connectivity index (χ1n) is 6.68. The van der Waals surface area contributed by atoms with Gasteiger partial charge in [-0.3, -0.25) is 0 Å². The van der Waals surface area contributed by atoms with Gasteiger partial charge in [0.15, 0.2) is 0 Å². The molecule has 5 atom stereocenters. The lowest BCUT2D eigenvalue weighted by Gasteiger charge is -2.10. The van der Waals surface area contributed by atoms with E-state index < -0.39 is 0 Å². The third-order valence-electron chi connectivity index (χ3n) is 3.11. The molecule has 0 saturated carbocycles. The first-order valence-corrected chi connectivity index (χ1v) is 7.79. The van der Waals surface area contributed by atoms with E-state index in [0.29, 0.717) is 27.9 Å². The highest BCUT2D eigenvalue weighted by molar-refractivity contribution is 7.32. The Bertz CT molecular complexity index is 211. The van der Waals surface area contributed by atoms with Crippen LogP contribution < -0.4 is 0 Å². The topological polar surface area (TPSA) is 74.8 Å². The van der Waals surface area contributed by atoms with Crippen LogP contribution in [0, 0.1) is 0 Å². The van der Waals surface area contributed by atoms with E-state index in [9.17, 15) is 10.2 Å². The van der Waals surface area contributed by atoms with Gasteiger partial charge in [-0.2, -0.15) is 0 Å². The van der Waals surface area contributed by atoms with Crippen LogP contribution in [0.5, 0.6) is 0 Å². The quantitative estimate of drug-likeness (QED) is 0.316. The fourth-order valence-corrected chi connectivity index (χ4v) is 2.67. The van der Waals surface area contributed by atoms with Gasteiger partial charge >= 0.3 is 0 Å². The molecule has 0 aromatic rings. The summed E-state index contributed by atoms with van der Waals surface area (Å²) in [6.45, 7) is 2.19. The summed E-state index contributed by atoms with van der Waals surface area (Å²) in [6, 6.07) is 0. The van der Waals surface area contributed by atoms with Crippen LogP contribution in [0.3, 0.4) is 0 Å². The Morgan fingerprint density at radius 1 is 0.833 bits per heavy atom. The zero-order chi connectivity index (χ0) is 12.8. The minimum atomic E-state index is -0.306. The number of rotatable bonds is 11. The van der Waals surface area contributed by atoms with Gasteiger partial charge in [0.25, 0.3) is 0 Å². The van der Waals surface area contributed by atoms with Gasteiger partial charge in [-0.25, -0.2) is 0 Å². The van der Waals surface area contributed by atoms with E-state index in [1.54, 1.807) is 0 Å². The van der Waals surface area contributed by atoms with Gasteiger partial charge in [0.1, 0.15) is 0 Å². The van der Waals surface area contributed by atoms with Crippen LogP contribution in [0.2, 0.25) is 0 Å². The molecular weight excluding hydrogens is 327 g/mol. The van der Waals surface area contributed by atoms with Crippen LogP contribution >= 0.6 is 8.81 Å². The van der Waals surface area contributed by atoms with E-state index in [4.69, 9.17) is 14.0 Å². The Kier molecular flexibility index (Phi) is 28.8. The molecule has 0 radical (unpaired) electrons. The van der Waals surface area contributed by atoms with Gasteiger partial charge in [-0.15, -0.1) is 0 Å². The fourth-order valence-electron chi connectivity index (χ4n) is 1.82. The number of hydrogen-bond acceptors (Lipinski definition) is 5. The summed E-state index contributed by atoms with van der Waals surface area (Å²) < 4.78 is 15.6. The molecule has 2 heterocycles. The summed E-state index contributed by atoms with van der Waals surface area (Å²) in [6.07, 6.45) is 3.83. The average molecular weight is 375 g/mol. The van der Waals surface area contributed by atoms with Crippen molar-refractivity contribution in [3.8, 4) is 0 Å². The summed E-state index contributed by atoms with van der Waals surface area (Å²) in [5.41, 5.74) is 0. The number of aliphatic hydroxyl groups excluding tert-OH is 2. The van der Waals surface area contributed by atoms with Gasteiger partial charge in [-0.1, -0.05) is 44.6 Å². The Morgan fingerprint density at radius 2 is 1.25 bits per heavy atom. The Hall–Kier alpha value is 0.230. The fraction of sp³-hybridized carbons (Fsp3) is 1.00. The highest BCUT2D eigenvalue weighted by atomic mass is 31.1. The Morgan fingerprint density at radius 3 is 1.67 bits per heavy atom. The maximum absolute atomic E-state index is 9.63. The number of ether oxygens (including phenoxy) is 2. The molecule has 5 nitrogen and oxygen atoms in total. The molecule has 2 N–H and O–H groups in total. The van der Waals surface area contributed by atoms with Crippen LogP contribution in [0.1, 0.15) is 70.2 Å². The van der Waals surface area contributed by atoms with E-state index in [-0.39, 0.29) is 62.9 Å². The van der Waals surface area contributed by atoms with Crippen LogP contribution in [0.4, 0.5) is 0 Å². The maximum atomic E-state index is 9.63. The molecule has 2 aliphatic heterocycles. The zero-order valence-corrected chi connectivity index (χ0v) is 11.6. The number of epoxide rings is 2. The van der Waals surface area contributed by atoms with Crippen molar-refractivity contribution in [3.05, 3.63) is 0 Å². The van der Waals surface area contributed by atoms with Crippen LogP contribution in [0.15, 0.2) is 0 Å². The van der Waals surface area contributed by atoms with E-state index >= 15 is 0 Å². The van der Waals surface area contributed by atoms with Crippen molar-refractivity contribution in [1.29, 1.82) is 0 Å². The maximum Gasteiger partial charge on any atom is 0.0834 e. The van der Waals surface area contributed by atoms with Gasteiger partial charge in [0, 0.05) is 21.6 Å². The molecule has 2 aliphatic rings. The molecule has 0 aliphatic carbocycles. The molecule has 0 aromatic carbocycles. The van der Waals surface area contributed by atoms with Crippen molar-refractivity contribution in [3.63, 3.8) is 0 Å². The second-order valence-electron chi connectivity index (χ2n) is 5.01. The molecule has 0 amide bonds. The normalized spacial score (nSPS) is 22.2. The third-order valence-corrected chi connectivity index (χ3v) is 4.01. The van der Waals surface area contributed by atoms with Crippen molar-refractivity contribution in [1.82, 2.24) is 0 Å². The summed E-state index contributed by atoms with van der Waals surface area (Å²) in [5.74, 6) is 0. The standard InChI is InChI=1S/C12H23O5P.6CH4/c13-9(5-11-7-15-11)1-3-17-18-4-2-10(14)6-12-8-16-12;;;;;;/h9-14,18H,1-8H2;6*1H4. The second kappa shape index (κ2) is 19.6. The van der Waals surface area contributed by atoms with Crippen molar-refractivity contribution in [2.24, 2.45) is 0 Å². The van der Waals surface area contributed by atoms with Crippen molar-refractivity contribution >= 4 is 8.81 Å². The summed E-state index contributed by atoms with van der Waals surface area (Å²) in [4.78, 5) is 0. The molecule has 6 heteroatoms. The van der Waals surface area contributed by atoms with E-state index in [0.717, 1.165) is 38.6 Å². The van der Waals surface area contributed by atoms with Crippen molar-refractivity contribution in [2.75, 3.05) is 26.0 Å². The molecule has 5 unspecified atom stereocenters. The second-order valence-corrected chi connectivity index (χ2v) is 6.09. The predicted octanol–water partition coefficient (Wildman–Crippen LogP) is 4.49. The lowest BCUT2D eigenvalue weighted by atomic mass is 10.1. The molecule has 2 fully saturated rings. The number of aliphatic hydroxyl groups is 2. The lowest BCUT2D eigenvalue weighted by Crippen LogP contribution is -2.12. The first-order chi connectivity index (χ1) is 8.74. The predicted molar refractivity (Wildman–Crippen MR) is 109 cm³/mol. The van der Waals surface area contributed by atoms with Crippen molar-refractivity contribution in [2.45, 2.75) is 94.7 Å². The molecule has 24 heavy (non-hydrogen) atoms. The Labute approximate surface area is 154 Å². The minimum absolute atomic E-state index is 0.